The summed E-state index contributed by atoms with van der Waals surface area (Å²) in [6, 6.07) is 11.5. The van der Waals surface area contributed by atoms with E-state index < -0.39 is 22.8 Å². The van der Waals surface area contributed by atoms with Gasteiger partial charge in [-0.25, -0.2) is 8.78 Å². The topological polar surface area (TPSA) is 40.5 Å². The van der Waals surface area contributed by atoms with Crippen molar-refractivity contribution in [2.45, 2.75) is 25.0 Å². The zero-order valence-corrected chi connectivity index (χ0v) is 12.3. The molecule has 2 nitrogen and oxygen atoms in total. The molecule has 2 rings (SSSR count). The summed E-state index contributed by atoms with van der Waals surface area (Å²) in [5.41, 5.74) is -2.69. The van der Waals surface area contributed by atoms with Crippen LogP contribution < -0.4 is 0 Å². The number of benzene rings is 2. The van der Waals surface area contributed by atoms with Gasteiger partial charge in [-0.2, -0.15) is 0 Å². The van der Waals surface area contributed by atoms with Crippen molar-refractivity contribution in [2.75, 3.05) is 0 Å². The number of hydrogen-bond donors (Lipinski definition) is 2. The molecule has 0 spiro atoms. The van der Waals surface area contributed by atoms with Crippen molar-refractivity contribution in [3.05, 3.63) is 71.3 Å². The lowest BCUT2D eigenvalue weighted by atomic mass is 9.86. The van der Waals surface area contributed by atoms with Crippen molar-refractivity contribution in [3.8, 4) is 11.8 Å². The van der Waals surface area contributed by atoms with E-state index in [1.54, 1.807) is 30.3 Å². The number of rotatable bonds is 2. The van der Waals surface area contributed by atoms with E-state index in [0.29, 0.717) is 5.56 Å². The molecule has 0 radical (unpaired) electrons. The smallest absolute Gasteiger partial charge is 0.177 e. The normalized spacial score (nSPS) is 13.9. The summed E-state index contributed by atoms with van der Waals surface area (Å²) in [7, 11) is 0. The molecule has 0 saturated heterocycles. The van der Waals surface area contributed by atoms with Gasteiger partial charge in [-0.05, 0) is 26.0 Å². The summed E-state index contributed by atoms with van der Waals surface area (Å²) < 4.78 is 26.6. The van der Waals surface area contributed by atoms with E-state index in [4.69, 9.17) is 0 Å². The average molecular weight is 302 g/mol. The highest BCUT2D eigenvalue weighted by Crippen LogP contribution is 2.30. The van der Waals surface area contributed by atoms with Crippen LogP contribution in [-0.4, -0.2) is 15.8 Å². The van der Waals surface area contributed by atoms with Crippen molar-refractivity contribution < 1.29 is 19.0 Å². The summed E-state index contributed by atoms with van der Waals surface area (Å²) in [5, 5.41) is 20.7. The van der Waals surface area contributed by atoms with Crippen LogP contribution in [0.5, 0.6) is 0 Å². The van der Waals surface area contributed by atoms with Gasteiger partial charge in [-0.1, -0.05) is 48.2 Å². The Kier molecular flexibility index (Phi) is 4.32. The molecule has 2 N–H and O–H groups in total. The molecule has 0 aliphatic heterocycles. The summed E-state index contributed by atoms with van der Waals surface area (Å²) in [4.78, 5) is 0. The summed E-state index contributed by atoms with van der Waals surface area (Å²) in [6.45, 7) is 2.94. The molecule has 0 aliphatic rings. The van der Waals surface area contributed by atoms with Crippen LogP contribution in [0, 0.1) is 23.5 Å². The Labute approximate surface area is 128 Å². The summed E-state index contributed by atoms with van der Waals surface area (Å²) >= 11 is 0. The van der Waals surface area contributed by atoms with Crippen molar-refractivity contribution in [1.82, 2.24) is 0 Å². The second kappa shape index (κ2) is 5.88. The third-order valence-corrected chi connectivity index (χ3v) is 3.08. The quantitative estimate of drug-likeness (QED) is 0.837. The minimum absolute atomic E-state index is 0.0920. The third-order valence-electron chi connectivity index (χ3n) is 3.08. The van der Waals surface area contributed by atoms with E-state index in [2.05, 4.69) is 11.8 Å². The van der Waals surface area contributed by atoms with Gasteiger partial charge in [0.25, 0.3) is 0 Å². The molecule has 0 heterocycles. The molecule has 0 bridgehead atoms. The van der Waals surface area contributed by atoms with Crippen molar-refractivity contribution in [1.29, 1.82) is 0 Å². The first-order chi connectivity index (χ1) is 10.2. The molecule has 4 heteroatoms. The monoisotopic (exact) mass is 302 g/mol. The summed E-state index contributed by atoms with van der Waals surface area (Å²) in [5.74, 6) is 3.04. The maximum atomic E-state index is 13.5. The number of hydrogen-bond acceptors (Lipinski definition) is 2. The molecule has 0 unspecified atom stereocenters. The second-order valence-electron chi connectivity index (χ2n) is 5.51. The zero-order chi connectivity index (χ0) is 16.4. The molecular weight excluding hydrogens is 286 g/mol. The first-order valence-corrected chi connectivity index (χ1v) is 6.72. The highest BCUT2D eigenvalue weighted by atomic mass is 19.2. The van der Waals surface area contributed by atoms with Crippen LogP contribution in [0.15, 0.2) is 48.5 Å². The highest BCUT2D eigenvalue weighted by molar-refractivity contribution is 5.45. The standard InChI is InChI=1S/C18H16F2O2/c1-17(2,21)10-11-18(22,13-6-4-3-5-7-13)14-8-9-15(19)16(20)12-14/h3-9,12,21-22H,1-2H3/t18-/m0/s1. The largest absolute Gasteiger partial charge is 0.378 e. The van der Waals surface area contributed by atoms with Gasteiger partial charge in [-0.3, -0.25) is 0 Å². The first kappa shape index (κ1) is 16.2. The molecule has 22 heavy (non-hydrogen) atoms. The van der Waals surface area contributed by atoms with Crippen molar-refractivity contribution in [3.63, 3.8) is 0 Å². The lowest BCUT2D eigenvalue weighted by Crippen LogP contribution is -2.27. The molecule has 0 saturated carbocycles. The molecular formula is C18H16F2O2. The maximum absolute atomic E-state index is 13.5. The van der Waals surface area contributed by atoms with Crippen LogP contribution >= 0.6 is 0 Å². The Hall–Kier alpha value is -2.22. The molecule has 0 aliphatic carbocycles. The average Bonchev–Trinajstić information content (AvgIpc) is 2.48. The van der Waals surface area contributed by atoms with Crippen LogP contribution in [0.3, 0.4) is 0 Å². The van der Waals surface area contributed by atoms with Crippen molar-refractivity contribution in [2.24, 2.45) is 0 Å². The van der Waals surface area contributed by atoms with Gasteiger partial charge in [0.15, 0.2) is 17.2 Å². The molecule has 114 valence electrons. The third kappa shape index (κ3) is 3.51. The Morgan fingerprint density at radius 2 is 1.45 bits per heavy atom. The van der Waals surface area contributed by atoms with Crippen LogP contribution in [0.2, 0.25) is 0 Å². The van der Waals surface area contributed by atoms with Gasteiger partial charge >= 0.3 is 0 Å². The molecule has 1 atom stereocenters. The van der Waals surface area contributed by atoms with Crippen LogP contribution in [-0.2, 0) is 5.60 Å². The van der Waals surface area contributed by atoms with Gasteiger partial charge in [0.05, 0.1) is 0 Å². The second-order valence-corrected chi connectivity index (χ2v) is 5.51. The maximum Gasteiger partial charge on any atom is 0.177 e. The fraction of sp³-hybridized carbons (Fsp3) is 0.222. The van der Waals surface area contributed by atoms with E-state index in [1.165, 1.54) is 19.9 Å². The molecule has 2 aromatic carbocycles. The Balaban J connectivity index is 2.64. The van der Waals surface area contributed by atoms with Gasteiger partial charge in [0.2, 0.25) is 0 Å². The number of aliphatic hydroxyl groups is 2. The molecule has 0 amide bonds. The zero-order valence-electron chi connectivity index (χ0n) is 12.3. The fourth-order valence-corrected chi connectivity index (χ4v) is 1.95. The Morgan fingerprint density at radius 3 is 2.00 bits per heavy atom. The Bertz CT molecular complexity index is 724. The predicted octanol–water partition coefficient (Wildman–Crippen LogP) is 2.98. The molecule has 2 aromatic rings. The van der Waals surface area contributed by atoms with Gasteiger partial charge in [0, 0.05) is 11.1 Å². The fourth-order valence-electron chi connectivity index (χ4n) is 1.95. The minimum atomic E-state index is -1.85. The molecule has 0 fully saturated rings. The van der Waals surface area contributed by atoms with Gasteiger partial charge in [0.1, 0.15) is 5.60 Å². The van der Waals surface area contributed by atoms with Crippen LogP contribution in [0.1, 0.15) is 25.0 Å². The molecule has 0 aromatic heterocycles. The van der Waals surface area contributed by atoms with E-state index in [9.17, 15) is 19.0 Å². The van der Waals surface area contributed by atoms with Crippen LogP contribution in [0.4, 0.5) is 8.78 Å². The lowest BCUT2D eigenvalue weighted by molar-refractivity contribution is 0.132. The highest BCUT2D eigenvalue weighted by Gasteiger charge is 2.31. The SMILES string of the molecule is CC(C)(O)C#C[C@](O)(c1ccccc1)c1ccc(F)c(F)c1. The van der Waals surface area contributed by atoms with E-state index in [-0.39, 0.29) is 5.56 Å². The predicted molar refractivity (Wildman–Crippen MR) is 79.9 cm³/mol. The summed E-state index contributed by atoms with van der Waals surface area (Å²) in [6.07, 6.45) is 0. The van der Waals surface area contributed by atoms with E-state index in [0.717, 1.165) is 12.1 Å². The Morgan fingerprint density at radius 1 is 0.818 bits per heavy atom. The van der Waals surface area contributed by atoms with E-state index >= 15 is 0 Å². The van der Waals surface area contributed by atoms with Crippen LogP contribution in [0.25, 0.3) is 0 Å². The van der Waals surface area contributed by atoms with Gasteiger partial charge in [-0.15, -0.1) is 0 Å². The lowest BCUT2D eigenvalue weighted by Gasteiger charge is -2.24. The first-order valence-electron chi connectivity index (χ1n) is 6.72. The number of halogens is 2. The minimum Gasteiger partial charge on any atom is -0.378 e. The van der Waals surface area contributed by atoms with E-state index in [1.807, 2.05) is 0 Å². The van der Waals surface area contributed by atoms with Crippen molar-refractivity contribution >= 4 is 0 Å². The van der Waals surface area contributed by atoms with Gasteiger partial charge < -0.3 is 10.2 Å².